The summed E-state index contributed by atoms with van der Waals surface area (Å²) in [7, 11) is 1.68. The molecule has 0 radical (unpaired) electrons. The Kier molecular flexibility index (Phi) is 4.36. The van der Waals surface area contributed by atoms with E-state index in [0.29, 0.717) is 19.9 Å². The van der Waals surface area contributed by atoms with Crippen molar-refractivity contribution in [2.24, 2.45) is 0 Å². The van der Waals surface area contributed by atoms with Gasteiger partial charge in [-0.3, -0.25) is 0 Å². The Morgan fingerprint density at radius 1 is 1.35 bits per heavy atom. The van der Waals surface area contributed by atoms with E-state index in [1.165, 1.54) is 5.56 Å². The Morgan fingerprint density at radius 3 is 2.76 bits per heavy atom. The summed E-state index contributed by atoms with van der Waals surface area (Å²) in [5, 5.41) is 0. The molecule has 1 saturated heterocycles. The van der Waals surface area contributed by atoms with E-state index in [-0.39, 0.29) is 6.23 Å². The summed E-state index contributed by atoms with van der Waals surface area (Å²) in [5.74, 6) is 0.882. The Morgan fingerprint density at radius 2 is 2.12 bits per heavy atom. The molecular weight excluding hydrogens is 218 g/mol. The second kappa shape index (κ2) is 6.00. The highest BCUT2D eigenvalue weighted by Gasteiger charge is 2.25. The summed E-state index contributed by atoms with van der Waals surface area (Å²) in [6.07, 6.45) is 0.0853. The van der Waals surface area contributed by atoms with Crippen molar-refractivity contribution in [3.8, 4) is 5.75 Å². The molecule has 4 nitrogen and oxygen atoms in total. The lowest BCUT2D eigenvalue weighted by molar-refractivity contribution is -0.0257. The SMILES string of the molecule is CCOC1COCN1Cc1ccc(OC)cc1. The van der Waals surface area contributed by atoms with Gasteiger partial charge in [-0.25, -0.2) is 4.90 Å². The minimum atomic E-state index is 0.0853. The van der Waals surface area contributed by atoms with Gasteiger partial charge >= 0.3 is 0 Å². The lowest BCUT2D eigenvalue weighted by atomic mass is 10.2. The van der Waals surface area contributed by atoms with E-state index >= 15 is 0 Å². The highest BCUT2D eigenvalue weighted by atomic mass is 16.6. The Balaban J connectivity index is 1.94. The number of hydrogen-bond acceptors (Lipinski definition) is 4. The predicted octanol–water partition coefficient (Wildman–Crippen LogP) is 1.85. The van der Waals surface area contributed by atoms with Crippen molar-refractivity contribution in [1.29, 1.82) is 0 Å². The Labute approximate surface area is 102 Å². The molecule has 1 aliphatic rings. The van der Waals surface area contributed by atoms with E-state index in [2.05, 4.69) is 17.0 Å². The highest BCUT2D eigenvalue weighted by molar-refractivity contribution is 5.27. The first-order chi connectivity index (χ1) is 8.33. The molecule has 0 aliphatic carbocycles. The Bertz CT molecular complexity index is 339. The van der Waals surface area contributed by atoms with Crippen LogP contribution in [0.4, 0.5) is 0 Å². The van der Waals surface area contributed by atoms with Gasteiger partial charge in [0.15, 0.2) is 0 Å². The zero-order chi connectivity index (χ0) is 12.1. The first-order valence-electron chi connectivity index (χ1n) is 5.90. The van der Waals surface area contributed by atoms with Crippen LogP contribution in [0, 0.1) is 0 Å². The van der Waals surface area contributed by atoms with E-state index in [0.717, 1.165) is 12.3 Å². The fourth-order valence-corrected chi connectivity index (χ4v) is 1.92. The van der Waals surface area contributed by atoms with E-state index in [9.17, 15) is 0 Å². The molecule has 0 aromatic heterocycles. The third-order valence-electron chi connectivity index (χ3n) is 2.83. The van der Waals surface area contributed by atoms with Crippen LogP contribution in [0.2, 0.25) is 0 Å². The molecule has 1 heterocycles. The number of ether oxygens (including phenoxy) is 3. The predicted molar refractivity (Wildman–Crippen MR) is 64.8 cm³/mol. The van der Waals surface area contributed by atoms with E-state index in [1.54, 1.807) is 7.11 Å². The molecule has 1 aromatic rings. The van der Waals surface area contributed by atoms with Crippen molar-refractivity contribution in [3.63, 3.8) is 0 Å². The van der Waals surface area contributed by atoms with E-state index in [4.69, 9.17) is 14.2 Å². The van der Waals surface area contributed by atoms with E-state index < -0.39 is 0 Å². The average Bonchev–Trinajstić information content (AvgIpc) is 2.78. The average molecular weight is 237 g/mol. The number of nitrogens with zero attached hydrogens (tertiary/aromatic N) is 1. The van der Waals surface area contributed by atoms with Gasteiger partial charge in [0.05, 0.1) is 13.7 Å². The van der Waals surface area contributed by atoms with Gasteiger partial charge in [0.25, 0.3) is 0 Å². The lowest BCUT2D eigenvalue weighted by Gasteiger charge is -2.21. The maximum absolute atomic E-state index is 5.61. The summed E-state index contributed by atoms with van der Waals surface area (Å²) in [4.78, 5) is 2.19. The fourth-order valence-electron chi connectivity index (χ4n) is 1.92. The third-order valence-corrected chi connectivity index (χ3v) is 2.83. The molecular formula is C13H19NO3. The lowest BCUT2D eigenvalue weighted by Crippen LogP contribution is -2.32. The zero-order valence-electron chi connectivity index (χ0n) is 10.4. The summed E-state index contributed by atoms with van der Waals surface area (Å²) >= 11 is 0. The largest absolute Gasteiger partial charge is 0.497 e. The standard InChI is InChI=1S/C13H19NO3/c1-3-17-13-9-16-10-14(13)8-11-4-6-12(15-2)7-5-11/h4-7,13H,3,8-10H2,1-2H3. The molecule has 0 amide bonds. The molecule has 0 N–H and O–H groups in total. The van der Waals surface area contributed by atoms with Gasteiger partial charge in [0.2, 0.25) is 0 Å². The second-order valence-electron chi connectivity index (χ2n) is 4.00. The van der Waals surface area contributed by atoms with Gasteiger partial charge in [-0.1, -0.05) is 12.1 Å². The summed E-state index contributed by atoms with van der Waals surface area (Å²) in [5.41, 5.74) is 1.24. The van der Waals surface area contributed by atoms with Crippen LogP contribution in [-0.2, 0) is 16.0 Å². The molecule has 1 aromatic carbocycles. The second-order valence-corrected chi connectivity index (χ2v) is 4.00. The van der Waals surface area contributed by atoms with Crippen LogP contribution in [0.5, 0.6) is 5.75 Å². The van der Waals surface area contributed by atoms with Crippen LogP contribution in [0.25, 0.3) is 0 Å². The van der Waals surface area contributed by atoms with Gasteiger partial charge in [-0.2, -0.15) is 0 Å². The fraction of sp³-hybridized carbons (Fsp3) is 0.538. The van der Waals surface area contributed by atoms with Crippen LogP contribution >= 0.6 is 0 Å². The minimum absolute atomic E-state index is 0.0853. The molecule has 2 rings (SSSR count). The van der Waals surface area contributed by atoms with Crippen LogP contribution in [0.15, 0.2) is 24.3 Å². The van der Waals surface area contributed by atoms with Crippen LogP contribution in [0.1, 0.15) is 12.5 Å². The first-order valence-corrected chi connectivity index (χ1v) is 5.90. The van der Waals surface area contributed by atoms with Gasteiger partial charge in [0, 0.05) is 13.2 Å². The first kappa shape index (κ1) is 12.4. The molecule has 94 valence electrons. The molecule has 1 aliphatic heterocycles. The molecule has 1 fully saturated rings. The maximum Gasteiger partial charge on any atom is 0.136 e. The molecule has 0 spiro atoms. The normalized spacial score (nSPS) is 20.7. The quantitative estimate of drug-likeness (QED) is 0.782. The topological polar surface area (TPSA) is 30.9 Å². The molecule has 1 atom stereocenters. The van der Waals surface area contributed by atoms with Crippen molar-refractivity contribution in [3.05, 3.63) is 29.8 Å². The monoisotopic (exact) mass is 237 g/mol. The van der Waals surface area contributed by atoms with Crippen molar-refractivity contribution < 1.29 is 14.2 Å². The summed E-state index contributed by atoms with van der Waals surface area (Å²) in [6, 6.07) is 8.09. The van der Waals surface area contributed by atoms with Crippen molar-refractivity contribution in [2.45, 2.75) is 19.7 Å². The number of rotatable bonds is 5. The van der Waals surface area contributed by atoms with Crippen LogP contribution in [0.3, 0.4) is 0 Å². The number of hydrogen-bond donors (Lipinski definition) is 0. The molecule has 17 heavy (non-hydrogen) atoms. The zero-order valence-corrected chi connectivity index (χ0v) is 10.4. The van der Waals surface area contributed by atoms with Crippen molar-refractivity contribution in [1.82, 2.24) is 4.90 Å². The van der Waals surface area contributed by atoms with E-state index in [1.807, 2.05) is 19.1 Å². The number of methoxy groups -OCH3 is 1. The van der Waals surface area contributed by atoms with Gasteiger partial charge in [-0.05, 0) is 24.6 Å². The van der Waals surface area contributed by atoms with Crippen molar-refractivity contribution >= 4 is 0 Å². The third kappa shape index (κ3) is 3.19. The van der Waals surface area contributed by atoms with Gasteiger partial charge in [0.1, 0.15) is 18.7 Å². The highest BCUT2D eigenvalue weighted by Crippen LogP contribution is 2.17. The van der Waals surface area contributed by atoms with Crippen molar-refractivity contribution in [2.75, 3.05) is 27.1 Å². The molecule has 0 bridgehead atoms. The van der Waals surface area contributed by atoms with Gasteiger partial charge < -0.3 is 14.2 Å². The molecule has 1 unspecified atom stereocenters. The minimum Gasteiger partial charge on any atom is -0.497 e. The van der Waals surface area contributed by atoms with Crippen LogP contribution in [-0.4, -0.2) is 38.2 Å². The molecule has 0 saturated carbocycles. The number of benzene rings is 1. The smallest absolute Gasteiger partial charge is 0.136 e. The van der Waals surface area contributed by atoms with Gasteiger partial charge in [-0.15, -0.1) is 0 Å². The maximum atomic E-state index is 5.61. The Hall–Kier alpha value is -1.10. The molecule has 4 heteroatoms. The van der Waals surface area contributed by atoms with Crippen LogP contribution < -0.4 is 4.74 Å². The summed E-state index contributed by atoms with van der Waals surface area (Å²) < 4.78 is 16.2. The summed E-state index contributed by atoms with van der Waals surface area (Å²) in [6.45, 7) is 4.85.